The number of hydrogen-bond donors (Lipinski definition) is 2. The number of rotatable bonds is 2. The van der Waals surface area contributed by atoms with Gasteiger partial charge in [0.05, 0.1) is 0 Å². The first-order chi connectivity index (χ1) is 3.13. The first-order valence-electron chi connectivity index (χ1n) is 1.13. The maximum absolute atomic E-state index is 9.39. The van der Waals surface area contributed by atoms with E-state index in [9.17, 15) is 9.13 Å². The van der Waals surface area contributed by atoms with Gasteiger partial charge in [-0.15, -0.1) is 9.79 Å². The van der Waals surface area contributed by atoms with E-state index in [2.05, 4.69) is 4.31 Å². The summed E-state index contributed by atoms with van der Waals surface area (Å²) in [7, 11) is -5.85. The van der Waals surface area contributed by atoms with Gasteiger partial charge in [0.2, 0.25) is 0 Å². The summed E-state index contributed by atoms with van der Waals surface area (Å²) >= 11 is 0. The van der Waals surface area contributed by atoms with Crippen LogP contribution in [0, 0.1) is 0 Å². The molecule has 0 fully saturated rings. The first kappa shape index (κ1) is 12.1. The zero-order chi connectivity index (χ0) is 5.86. The molecule has 0 heterocycles. The van der Waals surface area contributed by atoms with Crippen LogP contribution in [0.2, 0.25) is 0 Å². The summed E-state index contributed by atoms with van der Waals surface area (Å²) in [6.45, 7) is 0. The molecule has 2 unspecified atom stereocenters. The summed E-state index contributed by atoms with van der Waals surface area (Å²) in [5, 5.41) is 0. The van der Waals surface area contributed by atoms with Gasteiger partial charge in [-0.2, -0.15) is 0 Å². The quantitative estimate of drug-likeness (QED) is 0.463. The van der Waals surface area contributed by atoms with E-state index in [1.54, 1.807) is 0 Å². The first-order valence-corrected chi connectivity index (χ1v) is 3.39. The molecule has 5 nitrogen and oxygen atoms in total. The molecule has 2 atom stereocenters. The molecule has 8 heavy (non-hydrogen) atoms. The molecule has 2 N–H and O–H groups in total. The van der Waals surface area contributed by atoms with Crippen LogP contribution in [0.15, 0.2) is 0 Å². The zero-order valence-electron chi connectivity index (χ0n) is 3.72. The largest absolute Gasteiger partial charge is 0.745 e. The van der Waals surface area contributed by atoms with Gasteiger partial charge < -0.3 is 0 Å². The fourth-order valence-corrected chi connectivity index (χ4v) is 0.538. The molecular weight excluding hydrogens is 182 g/mol. The van der Waals surface area contributed by atoms with E-state index in [-0.39, 0.29) is 37.7 Å². The van der Waals surface area contributed by atoms with Crippen molar-refractivity contribution in [2.45, 2.75) is 0 Å². The van der Waals surface area contributed by atoms with Gasteiger partial charge in [0.15, 0.2) is 4.31 Å². The summed E-state index contributed by atoms with van der Waals surface area (Å²) in [6.07, 6.45) is 0. The van der Waals surface area contributed by atoms with Crippen molar-refractivity contribution in [3.8, 4) is 0 Å². The van der Waals surface area contributed by atoms with Gasteiger partial charge in [0.1, 0.15) is 0 Å². The standard InChI is InChI=1S/Ca.O5P2/c;1-6(2)5-7(3)4/p+2. The van der Waals surface area contributed by atoms with E-state index in [4.69, 9.17) is 9.79 Å². The van der Waals surface area contributed by atoms with Gasteiger partial charge in [0, 0.05) is 46.9 Å². The van der Waals surface area contributed by atoms with Crippen LogP contribution in [0.5, 0.6) is 0 Å². The summed E-state index contributed by atoms with van der Waals surface area (Å²) in [4.78, 5) is 15.3. The van der Waals surface area contributed by atoms with Gasteiger partial charge in [0.25, 0.3) is 0 Å². The van der Waals surface area contributed by atoms with Crippen LogP contribution in [0.4, 0.5) is 0 Å². The maximum Gasteiger partial charge on any atom is 0.745 e. The molecule has 8 heteroatoms. The van der Waals surface area contributed by atoms with Crippen LogP contribution in [-0.2, 0) is 13.4 Å². The van der Waals surface area contributed by atoms with Crippen LogP contribution in [0.1, 0.15) is 0 Å². The Balaban J connectivity index is 0. The molecule has 0 aromatic carbocycles. The fourth-order valence-electron chi connectivity index (χ4n) is 0.0598. The molecule has 0 aromatic rings. The van der Waals surface area contributed by atoms with E-state index in [1.807, 2.05) is 0 Å². The summed E-state index contributed by atoms with van der Waals surface area (Å²) in [6, 6.07) is 0. The third-order valence-corrected chi connectivity index (χ3v) is 1.26. The third kappa shape index (κ3) is 10.3. The fraction of sp³-hybridized carbons (Fsp3) is 0. The van der Waals surface area contributed by atoms with E-state index in [0.717, 1.165) is 0 Å². The predicted molar refractivity (Wildman–Crippen MR) is 26.5 cm³/mol. The van der Waals surface area contributed by atoms with Crippen molar-refractivity contribution in [1.82, 2.24) is 0 Å². The van der Waals surface area contributed by atoms with Gasteiger partial charge in [-0.05, 0) is 0 Å². The minimum Gasteiger partial charge on any atom is -0.131 e. The van der Waals surface area contributed by atoms with Crippen LogP contribution >= 0.6 is 16.5 Å². The van der Waals surface area contributed by atoms with Crippen LogP contribution < -0.4 is 0 Å². The Bertz CT molecular complexity index is 86.6. The molecule has 0 spiro atoms. The predicted octanol–water partition coefficient (Wildman–Crippen LogP) is -0.0784. The normalized spacial score (nSPS) is 11.8. The van der Waals surface area contributed by atoms with Crippen molar-refractivity contribution in [3.05, 3.63) is 0 Å². The van der Waals surface area contributed by atoms with Crippen LogP contribution in [-0.4, -0.2) is 47.5 Å². The summed E-state index contributed by atoms with van der Waals surface area (Å²) in [5.74, 6) is 0. The third-order valence-electron chi connectivity index (χ3n) is 0.140. The topological polar surface area (TPSA) is 83.8 Å². The minimum absolute atomic E-state index is 0. The molecular formula is H2CaO5P2+2. The molecule has 0 rings (SSSR count). The average Bonchev–Trinajstić information content (AvgIpc) is 1.27. The molecule has 0 saturated heterocycles. The van der Waals surface area contributed by atoms with Crippen molar-refractivity contribution < 1.29 is 23.2 Å². The van der Waals surface area contributed by atoms with Gasteiger partial charge in [-0.1, -0.05) is 0 Å². The Morgan fingerprint density at radius 3 is 1.38 bits per heavy atom. The molecule has 0 saturated carbocycles. The summed E-state index contributed by atoms with van der Waals surface area (Å²) < 4.78 is 22.2. The van der Waals surface area contributed by atoms with Crippen molar-refractivity contribution in [1.29, 1.82) is 0 Å². The van der Waals surface area contributed by atoms with Crippen molar-refractivity contribution in [3.63, 3.8) is 0 Å². The summed E-state index contributed by atoms with van der Waals surface area (Å²) in [5.41, 5.74) is 0. The van der Waals surface area contributed by atoms with E-state index < -0.39 is 16.5 Å². The van der Waals surface area contributed by atoms with Crippen molar-refractivity contribution in [2.24, 2.45) is 0 Å². The van der Waals surface area contributed by atoms with Crippen LogP contribution in [0.25, 0.3) is 0 Å². The zero-order valence-corrected chi connectivity index (χ0v) is 7.72. The molecule has 0 bridgehead atoms. The SMILES string of the molecule is O=[P+](O)O[P+](=O)O.[Ca]. The van der Waals surface area contributed by atoms with E-state index in [1.165, 1.54) is 0 Å². The molecule has 0 aliphatic carbocycles. The van der Waals surface area contributed by atoms with Gasteiger partial charge in [-0.25, -0.2) is 0 Å². The second kappa shape index (κ2) is 6.46. The Kier molecular flexibility index (Phi) is 9.74. The molecule has 42 valence electrons. The Morgan fingerprint density at radius 2 is 1.38 bits per heavy atom. The average molecular weight is 184 g/mol. The second-order valence-corrected chi connectivity index (χ2v) is 2.16. The minimum atomic E-state index is -2.92. The van der Waals surface area contributed by atoms with Crippen LogP contribution in [0.3, 0.4) is 0 Å². The number of hydrogen-bond acceptors (Lipinski definition) is 3. The van der Waals surface area contributed by atoms with Gasteiger partial charge >= 0.3 is 16.5 Å². The molecule has 0 amide bonds. The Labute approximate surface area is 76.9 Å². The maximum atomic E-state index is 9.39. The van der Waals surface area contributed by atoms with Gasteiger partial charge in [-0.3, -0.25) is 0 Å². The van der Waals surface area contributed by atoms with Crippen molar-refractivity contribution >= 4 is 54.2 Å². The second-order valence-electron chi connectivity index (χ2n) is 0.557. The molecule has 0 aliphatic rings. The van der Waals surface area contributed by atoms with Crippen molar-refractivity contribution in [2.75, 3.05) is 0 Å². The monoisotopic (exact) mass is 184 g/mol. The molecule has 0 aliphatic heterocycles. The van der Waals surface area contributed by atoms with E-state index >= 15 is 0 Å². The Morgan fingerprint density at radius 1 is 1.12 bits per heavy atom. The smallest absolute Gasteiger partial charge is 0.131 e. The molecule has 0 aromatic heterocycles. The molecule has 2 radical (unpaired) electrons. The van der Waals surface area contributed by atoms with E-state index in [0.29, 0.717) is 0 Å². The Hall–Kier alpha value is 1.34.